The molecule has 0 bridgehead atoms. The van der Waals surface area contributed by atoms with Crippen LogP contribution in [-0.4, -0.2) is 76.3 Å². The summed E-state index contributed by atoms with van der Waals surface area (Å²) in [4.78, 5) is 27.7. The Labute approximate surface area is 193 Å². The van der Waals surface area contributed by atoms with Crippen molar-refractivity contribution >= 4 is 12.1 Å². The van der Waals surface area contributed by atoms with Gasteiger partial charge in [0.1, 0.15) is 12.2 Å². The number of benzene rings is 1. The van der Waals surface area contributed by atoms with Crippen LogP contribution in [0.25, 0.3) is 0 Å². The highest BCUT2D eigenvalue weighted by atomic mass is 19.3. The molecule has 1 N–H and O–H groups in total. The van der Waals surface area contributed by atoms with Crippen molar-refractivity contribution in [2.24, 2.45) is 5.41 Å². The van der Waals surface area contributed by atoms with Crippen molar-refractivity contribution in [2.45, 2.75) is 77.4 Å². The van der Waals surface area contributed by atoms with Crippen molar-refractivity contribution in [3.05, 3.63) is 35.9 Å². The average Bonchev–Trinajstić information content (AvgIpc) is 3.25. The lowest BCUT2D eigenvalue weighted by molar-refractivity contribution is -0.163. The van der Waals surface area contributed by atoms with Crippen molar-refractivity contribution in [3.63, 3.8) is 0 Å². The number of carbonyl (C=O) groups is 2. The zero-order valence-electron chi connectivity index (χ0n) is 19.9. The van der Waals surface area contributed by atoms with Crippen LogP contribution in [0.15, 0.2) is 30.3 Å². The quantitative estimate of drug-likeness (QED) is 0.645. The van der Waals surface area contributed by atoms with Crippen molar-refractivity contribution in [1.82, 2.24) is 9.80 Å². The molecule has 2 heterocycles. The molecule has 0 aromatic heterocycles. The molecular weight excluding hydrogens is 434 g/mol. The topological polar surface area (TPSA) is 79.3 Å². The van der Waals surface area contributed by atoms with Crippen LogP contribution in [0.2, 0.25) is 0 Å². The highest BCUT2D eigenvalue weighted by Gasteiger charge is 2.61. The fourth-order valence-electron chi connectivity index (χ4n) is 4.37. The van der Waals surface area contributed by atoms with Gasteiger partial charge in [0.2, 0.25) is 0 Å². The molecule has 9 heteroatoms. The van der Waals surface area contributed by atoms with Gasteiger partial charge in [-0.1, -0.05) is 30.3 Å². The number of carbonyl (C=O) groups excluding carboxylic acids is 2. The molecule has 1 amide bonds. The molecule has 2 fully saturated rings. The van der Waals surface area contributed by atoms with Crippen LogP contribution in [-0.2, 0) is 20.9 Å². The highest BCUT2D eigenvalue weighted by Crippen LogP contribution is 2.42. The number of halogens is 2. The van der Waals surface area contributed by atoms with Gasteiger partial charge in [-0.2, -0.15) is 0 Å². The van der Waals surface area contributed by atoms with Crippen LogP contribution >= 0.6 is 0 Å². The summed E-state index contributed by atoms with van der Waals surface area (Å²) in [7, 11) is 0. The number of hydrogen-bond donors (Lipinski definition) is 1. The smallest absolute Gasteiger partial charge is 0.410 e. The van der Waals surface area contributed by atoms with E-state index in [4.69, 9.17) is 9.47 Å². The van der Waals surface area contributed by atoms with Crippen LogP contribution in [0.5, 0.6) is 0 Å². The summed E-state index contributed by atoms with van der Waals surface area (Å²) in [6.07, 6.45) is -1.65. The molecule has 0 saturated carbocycles. The number of aliphatic hydroxyl groups is 1. The molecule has 3 atom stereocenters. The normalized spacial score (nSPS) is 23.8. The first-order chi connectivity index (χ1) is 15.2. The number of ether oxygens (including phenoxy) is 2. The number of rotatable bonds is 6. The van der Waals surface area contributed by atoms with E-state index in [1.54, 1.807) is 34.6 Å². The van der Waals surface area contributed by atoms with Crippen LogP contribution in [0.1, 0.15) is 46.6 Å². The second-order valence-corrected chi connectivity index (χ2v) is 10.5. The minimum absolute atomic E-state index is 0.0627. The summed E-state index contributed by atoms with van der Waals surface area (Å²) in [5.41, 5.74) is -1.28. The zero-order valence-corrected chi connectivity index (χ0v) is 19.9. The number of likely N-dealkylation sites (tertiary alicyclic amines) is 2. The molecule has 3 rings (SSSR count). The first-order valence-electron chi connectivity index (χ1n) is 11.2. The Morgan fingerprint density at radius 3 is 2.42 bits per heavy atom. The SMILES string of the molecule is CC(C)(C)OC(=O)N1CC(F)(F)[C@H]2[C@@H]1CCN2CC(O)C(C)(C)C(=O)OCc1ccccc1. The van der Waals surface area contributed by atoms with E-state index >= 15 is 0 Å². The Kier molecular flexibility index (Phi) is 7.05. The third kappa shape index (κ3) is 5.63. The summed E-state index contributed by atoms with van der Waals surface area (Å²) < 4.78 is 40.6. The van der Waals surface area contributed by atoms with Crippen LogP contribution < -0.4 is 0 Å². The number of nitrogens with zero attached hydrogens (tertiary/aromatic N) is 2. The molecule has 184 valence electrons. The van der Waals surface area contributed by atoms with E-state index in [0.29, 0.717) is 6.42 Å². The first kappa shape index (κ1) is 25.4. The predicted molar refractivity (Wildman–Crippen MR) is 118 cm³/mol. The van der Waals surface area contributed by atoms with Crippen LogP contribution in [0.4, 0.5) is 13.6 Å². The van der Waals surface area contributed by atoms with Crippen molar-refractivity contribution in [2.75, 3.05) is 19.6 Å². The molecule has 0 radical (unpaired) electrons. The van der Waals surface area contributed by atoms with E-state index in [9.17, 15) is 23.5 Å². The summed E-state index contributed by atoms with van der Waals surface area (Å²) in [5.74, 6) is -3.77. The number of esters is 1. The number of β-amino-alcohol motifs (C(OH)–C–C–N with tert-alkyl or cyclic N) is 1. The zero-order chi connectivity index (χ0) is 24.6. The van der Waals surface area contributed by atoms with Gasteiger partial charge < -0.3 is 14.6 Å². The number of aliphatic hydroxyl groups excluding tert-OH is 1. The third-order valence-corrected chi connectivity index (χ3v) is 6.29. The van der Waals surface area contributed by atoms with Crippen molar-refractivity contribution in [3.8, 4) is 0 Å². The predicted octanol–water partition coefficient (Wildman–Crippen LogP) is 3.45. The highest BCUT2D eigenvalue weighted by molar-refractivity contribution is 5.76. The van der Waals surface area contributed by atoms with Gasteiger partial charge in [0.05, 0.1) is 30.1 Å². The van der Waals surface area contributed by atoms with E-state index in [-0.39, 0.29) is 19.7 Å². The fraction of sp³-hybridized carbons (Fsp3) is 0.667. The van der Waals surface area contributed by atoms with E-state index in [1.165, 1.54) is 4.90 Å². The minimum atomic E-state index is -3.16. The van der Waals surface area contributed by atoms with Crippen LogP contribution in [0.3, 0.4) is 0 Å². The summed E-state index contributed by atoms with van der Waals surface area (Å²) >= 11 is 0. The molecule has 0 spiro atoms. The third-order valence-electron chi connectivity index (χ3n) is 6.29. The molecule has 33 heavy (non-hydrogen) atoms. The Bertz CT molecular complexity index is 856. The Balaban J connectivity index is 1.64. The monoisotopic (exact) mass is 468 g/mol. The summed E-state index contributed by atoms with van der Waals surface area (Å²) in [5, 5.41) is 10.8. The fourth-order valence-corrected chi connectivity index (χ4v) is 4.37. The minimum Gasteiger partial charge on any atom is -0.460 e. The molecule has 2 aliphatic rings. The van der Waals surface area contributed by atoms with Gasteiger partial charge in [0.15, 0.2) is 0 Å². The lowest BCUT2D eigenvalue weighted by atomic mass is 9.86. The van der Waals surface area contributed by atoms with E-state index in [1.807, 2.05) is 30.3 Å². The maximum atomic E-state index is 14.9. The van der Waals surface area contributed by atoms with Gasteiger partial charge in [-0.15, -0.1) is 0 Å². The van der Waals surface area contributed by atoms with Crippen molar-refractivity contribution < 1.29 is 33.0 Å². The number of amides is 1. The Hall–Kier alpha value is -2.26. The molecule has 7 nitrogen and oxygen atoms in total. The van der Waals surface area contributed by atoms with Gasteiger partial charge in [0, 0.05) is 13.1 Å². The second-order valence-electron chi connectivity index (χ2n) is 10.5. The maximum Gasteiger partial charge on any atom is 0.410 e. The first-order valence-corrected chi connectivity index (χ1v) is 11.2. The van der Waals surface area contributed by atoms with Gasteiger partial charge in [-0.25, -0.2) is 13.6 Å². The van der Waals surface area contributed by atoms with E-state index in [2.05, 4.69) is 0 Å². The van der Waals surface area contributed by atoms with Gasteiger partial charge >= 0.3 is 12.1 Å². The van der Waals surface area contributed by atoms with Crippen molar-refractivity contribution in [1.29, 1.82) is 0 Å². The maximum absolute atomic E-state index is 14.9. The Morgan fingerprint density at radius 2 is 1.82 bits per heavy atom. The van der Waals surface area contributed by atoms with Crippen LogP contribution in [0, 0.1) is 5.41 Å². The summed E-state index contributed by atoms with van der Waals surface area (Å²) in [6.45, 7) is 7.62. The largest absolute Gasteiger partial charge is 0.460 e. The molecule has 1 aromatic carbocycles. The molecule has 2 saturated heterocycles. The lowest BCUT2D eigenvalue weighted by Gasteiger charge is -2.34. The van der Waals surface area contributed by atoms with E-state index in [0.717, 1.165) is 10.5 Å². The molecule has 0 aliphatic carbocycles. The van der Waals surface area contributed by atoms with Gasteiger partial charge in [-0.05, 0) is 46.6 Å². The van der Waals surface area contributed by atoms with Gasteiger partial charge in [-0.3, -0.25) is 14.6 Å². The summed E-state index contributed by atoms with van der Waals surface area (Å²) in [6, 6.07) is 7.20. The second kappa shape index (κ2) is 9.18. The van der Waals surface area contributed by atoms with E-state index < -0.39 is 53.7 Å². The molecule has 1 unspecified atom stereocenters. The Morgan fingerprint density at radius 1 is 1.18 bits per heavy atom. The van der Waals surface area contributed by atoms with Gasteiger partial charge in [0.25, 0.3) is 5.92 Å². The molecular formula is C24H34F2N2O5. The number of alkyl halides is 2. The number of hydrogen-bond acceptors (Lipinski definition) is 6. The molecule has 2 aliphatic heterocycles. The lowest BCUT2D eigenvalue weighted by Crippen LogP contribution is -2.51. The number of fused-ring (bicyclic) bond motifs is 1. The molecule has 1 aromatic rings. The average molecular weight is 469 g/mol. The standard InChI is InChI=1S/C24H34F2N2O5/c1-22(2,3)33-21(31)28-15-24(25,26)19-17(28)11-12-27(19)13-18(29)23(4,5)20(30)32-14-16-9-7-6-8-10-16/h6-10,17-19,29H,11-15H2,1-5H3/t17-,18?,19+/m0/s1.